The van der Waals surface area contributed by atoms with E-state index in [9.17, 15) is 33.9 Å². The maximum Gasteiger partial charge on any atom is 1.00 e. The number of rotatable bonds is 96. The van der Waals surface area contributed by atoms with Crippen LogP contribution in [0, 0.1) is 0 Å². The Morgan fingerprint density at radius 2 is 0.399 bits per heavy atom. The summed E-state index contributed by atoms with van der Waals surface area (Å²) in [5, 5.41) is 51.2. The van der Waals surface area contributed by atoms with E-state index in [0.717, 1.165) is 128 Å². The van der Waals surface area contributed by atoms with Crippen LogP contribution in [0.1, 0.15) is 555 Å². The van der Waals surface area contributed by atoms with Gasteiger partial charge in [-0.05, 0) is 173 Å². The molecule has 810 valence electrons. The second-order valence-electron chi connectivity index (χ2n) is 37.2. The summed E-state index contributed by atoms with van der Waals surface area (Å²) in [4.78, 5) is 68.3. The molecule has 7 N–H and O–H groups in total. The topological polar surface area (TPSA) is 309 Å². The molecular weight excluding hydrogens is 1740 g/mol. The maximum atomic E-state index is 12.1. The monoisotopic (exact) mass is 1970 g/mol. The number of aliphatic hydroxyl groups is 6. The van der Waals surface area contributed by atoms with E-state index < -0.39 is 18.3 Å². The molecule has 0 saturated heterocycles. The van der Waals surface area contributed by atoms with Crippen LogP contribution in [0.25, 0.3) is 0 Å². The van der Waals surface area contributed by atoms with Gasteiger partial charge in [-0.2, -0.15) is 0 Å². The fourth-order valence-electron chi connectivity index (χ4n) is 14.8. The van der Waals surface area contributed by atoms with Gasteiger partial charge in [-0.3, -0.25) is 28.8 Å². The van der Waals surface area contributed by atoms with Gasteiger partial charge in [-0.15, -0.1) is 0 Å². The molecule has 0 amide bonds. The number of unbranched alkanes of at least 4 members (excludes halogenated alkanes) is 61. The van der Waals surface area contributed by atoms with Gasteiger partial charge in [0.15, 0.2) is 6.10 Å². The van der Waals surface area contributed by atoms with Crippen molar-refractivity contribution in [3.8, 4) is 0 Å². The first-order chi connectivity index (χ1) is 66.6. The van der Waals surface area contributed by atoms with Crippen LogP contribution >= 0.6 is 0 Å². The van der Waals surface area contributed by atoms with Crippen LogP contribution in [0.15, 0.2) is 85.1 Å². The van der Waals surface area contributed by atoms with E-state index in [1.54, 1.807) is 0 Å². The standard InChI is InChI=1S/C39H72O5.C21H40O4.C19H36O2.C19H32O2.C17H34O2.C3H8O3.Na.H2O/c1-3-5-7-9-11-13-15-17-19-21-23-25-27-29-31-33-38(41)43-36-37(35-40)44-39(42)34-32-30-28-26-24-22-20-18-16-14-12-10-8-6-4-2;1-2-3-4-5-6-7-8-9-10-11-12-13-14-15-16-17-21(24)25-19-20(23)18-22;2*1-3-4-5-6-7-8-9-10-11-12-13-14-15-16-17-18-19(20)21-2;1-3-4-5-6-7-8-9-10-11-12-13-14-15-16-17(18)19-2;4-1-3(6)2-5;;/h17-20,37,40H,3-16,21-36H2,1-2H3;9-10,20,22-23H,2-8,11-19H2,1H3;10-11H,3-9,12-18H2,1-2H3;4-5,7-8,10-11H,3,6,9,12-18H2,1-2H3;3-16H2,1-2H3;3-6H,1-2H2;;1H2/q;;;;;;+1;/p-1/b19-17-,20-18-;10-9-;11-10-;5-4-,8-7-,11-10-;;;;/t37-;20-;;;;;;/m00....../s1. The van der Waals surface area contributed by atoms with Crippen LogP contribution < -0.4 is 29.6 Å². The molecule has 19 nitrogen and oxygen atoms in total. The molecule has 0 bridgehead atoms. The van der Waals surface area contributed by atoms with E-state index in [1.807, 2.05) is 0 Å². The molecule has 0 unspecified atom stereocenters. The second kappa shape index (κ2) is 139. The molecule has 138 heavy (non-hydrogen) atoms. The molecule has 0 aliphatic heterocycles. The fourth-order valence-corrected chi connectivity index (χ4v) is 14.8. The Hall–Kier alpha value is -4.28. The van der Waals surface area contributed by atoms with Crippen molar-refractivity contribution in [3.63, 3.8) is 0 Å². The van der Waals surface area contributed by atoms with Crippen LogP contribution in [0.5, 0.6) is 0 Å². The molecule has 0 fully saturated rings. The zero-order chi connectivity index (χ0) is 101. The van der Waals surface area contributed by atoms with Gasteiger partial charge in [0.1, 0.15) is 25.4 Å². The Kier molecular flexibility index (Phi) is 150. The summed E-state index contributed by atoms with van der Waals surface area (Å²) in [6, 6.07) is 0. The van der Waals surface area contributed by atoms with Crippen molar-refractivity contribution in [1.82, 2.24) is 0 Å². The van der Waals surface area contributed by atoms with Gasteiger partial charge in [0.25, 0.3) is 0 Å². The average Bonchev–Trinajstić information content (AvgIpc) is 0.958. The van der Waals surface area contributed by atoms with E-state index in [1.165, 1.54) is 368 Å². The first-order valence-electron chi connectivity index (χ1n) is 56.6. The molecule has 0 spiro atoms. The van der Waals surface area contributed by atoms with Gasteiger partial charge in [-0.1, -0.05) is 428 Å². The number of carbonyl (C=O) groups is 6. The normalized spacial score (nSPS) is 11.6. The molecule has 0 aliphatic rings. The Labute approximate surface area is 872 Å². The van der Waals surface area contributed by atoms with E-state index in [0.29, 0.717) is 38.5 Å². The molecule has 20 heteroatoms. The summed E-state index contributed by atoms with van der Waals surface area (Å²) >= 11 is 0. The number of aliphatic hydroxyl groups excluding tert-OH is 6. The molecule has 0 radical (unpaired) electrons. The van der Waals surface area contributed by atoms with Gasteiger partial charge in [0.2, 0.25) is 0 Å². The minimum Gasteiger partial charge on any atom is -0.870 e. The molecule has 0 aromatic rings. The smallest absolute Gasteiger partial charge is 0.870 e. The molecule has 0 aromatic heterocycles. The zero-order valence-electron chi connectivity index (χ0n) is 91.7. The minimum atomic E-state index is -0.960. The number of hydrogen-bond acceptors (Lipinski definition) is 19. The summed E-state index contributed by atoms with van der Waals surface area (Å²) in [7, 11) is 4.37. The van der Waals surface area contributed by atoms with Gasteiger partial charge >= 0.3 is 65.4 Å². The molecular formula is C118H223NaO19. The van der Waals surface area contributed by atoms with E-state index >= 15 is 0 Å². The quantitative estimate of drug-likeness (QED) is 0.0108. The number of ether oxygens (including phenoxy) is 6. The molecule has 0 aromatic carbocycles. The predicted octanol–water partition coefficient (Wildman–Crippen LogP) is 29.2. The largest absolute Gasteiger partial charge is 1.00 e. The van der Waals surface area contributed by atoms with Crippen molar-refractivity contribution in [3.05, 3.63) is 85.1 Å². The number of methoxy groups -OCH3 is 3. The van der Waals surface area contributed by atoms with E-state index in [4.69, 9.17) is 39.7 Å². The van der Waals surface area contributed by atoms with Crippen molar-refractivity contribution in [1.29, 1.82) is 0 Å². The molecule has 0 saturated carbocycles. The third-order valence-electron chi connectivity index (χ3n) is 23.8. The molecule has 0 rings (SSSR count). The van der Waals surface area contributed by atoms with Crippen molar-refractivity contribution >= 4 is 35.8 Å². The van der Waals surface area contributed by atoms with E-state index in [2.05, 4.69) is 141 Å². The van der Waals surface area contributed by atoms with Crippen molar-refractivity contribution in [2.24, 2.45) is 0 Å². The van der Waals surface area contributed by atoms with Crippen molar-refractivity contribution < 1.29 is 123 Å². The van der Waals surface area contributed by atoms with Gasteiger partial charge < -0.3 is 64.5 Å². The molecule has 0 aliphatic carbocycles. The third kappa shape index (κ3) is 147. The Balaban J connectivity index is -0.000000260. The van der Waals surface area contributed by atoms with Crippen LogP contribution in [0.2, 0.25) is 0 Å². The number of esters is 6. The molecule has 2 atom stereocenters. The minimum absolute atomic E-state index is 0. The summed E-state index contributed by atoms with van der Waals surface area (Å²) in [6.45, 7) is 11.8. The Morgan fingerprint density at radius 1 is 0.217 bits per heavy atom. The predicted molar refractivity (Wildman–Crippen MR) is 578 cm³/mol. The van der Waals surface area contributed by atoms with E-state index in [-0.39, 0.29) is 110 Å². The third-order valence-corrected chi connectivity index (χ3v) is 23.8. The van der Waals surface area contributed by atoms with Crippen molar-refractivity contribution in [2.45, 2.75) is 574 Å². The summed E-state index contributed by atoms with van der Waals surface area (Å²) in [5.74, 6) is -1.12. The maximum absolute atomic E-state index is 12.1. The molecule has 0 heterocycles. The Bertz CT molecular complexity index is 2590. The van der Waals surface area contributed by atoms with Crippen LogP contribution in [-0.4, -0.2) is 151 Å². The van der Waals surface area contributed by atoms with Gasteiger partial charge in [-0.25, -0.2) is 0 Å². The zero-order valence-corrected chi connectivity index (χ0v) is 93.7. The van der Waals surface area contributed by atoms with Gasteiger partial charge in [0.05, 0.1) is 47.8 Å². The SMILES string of the molecule is CC/C=C\C/C=C\C/C=C\CCCCCCCC(=O)OC.CCCCCCCC/C=C\CCCCCCCC(=O)OC.CCCCCCCC/C=C\CCCCCCCC(=O)OC[C@@H](O)CO.CCCCCCCC/C=C\CCCCCCCC(=O)OC[C@H](CO)OC(=O)CCCCCCC/C=C\CCCCCCCC.CCCCCCCCCCCCCCCC(=O)OC.OCC(O)CO.[Na+].[OH-]. The summed E-state index contributed by atoms with van der Waals surface area (Å²) in [6.07, 6.45) is 124. The number of carbonyl (C=O) groups excluding carboxylic acids is 6. The van der Waals surface area contributed by atoms with Gasteiger partial charge in [0, 0.05) is 38.5 Å². The van der Waals surface area contributed by atoms with Crippen molar-refractivity contribution in [2.75, 3.05) is 61.0 Å². The Morgan fingerprint density at radius 3 is 0.601 bits per heavy atom. The van der Waals surface area contributed by atoms with Crippen LogP contribution in [0.3, 0.4) is 0 Å². The summed E-state index contributed by atoms with van der Waals surface area (Å²) in [5.41, 5.74) is 0. The number of hydrogen-bond donors (Lipinski definition) is 6. The first-order valence-corrected chi connectivity index (χ1v) is 56.6. The van der Waals surface area contributed by atoms with Crippen LogP contribution in [-0.2, 0) is 57.2 Å². The van der Waals surface area contributed by atoms with Crippen LogP contribution in [0.4, 0.5) is 0 Å². The number of allylic oxidation sites excluding steroid dienone is 14. The first kappa shape index (κ1) is 149. The fraction of sp³-hybridized carbons (Fsp3) is 0.831. The second-order valence-corrected chi connectivity index (χ2v) is 37.2. The summed E-state index contributed by atoms with van der Waals surface area (Å²) < 4.78 is 29.3. The average molecular weight is 1970 g/mol.